The van der Waals surface area contributed by atoms with Crippen LogP contribution in [0.5, 0.6) is 17.2 Å². The van der Waals surface area contributed by atoms with E-state index in [9.17, 15) is 9.59 Å². The predicted octanol–water partition coefficient (Wildman–Crippen LogP) is 2.99. The molecule has 1 aliphatic heterocycles. The molecule has 0 fully saturated rings. The van der Waals surface area contributed by atoms with Crippen LogP contribution in [0.1, 0.15) is 30.4 Å². The summed E-state index contributed by atoms with van der Waals surface area (Å²) in [7, 11) is 0. The van der Waals surface area contributed by atoms with E-state index in [0.29, 0.717) is 18.1 Å². The number of carbonyl (C=O) groups is 2. The fourth-order valence-electron chi connectivity index (χ4n) is 2.83. The average molecular weight is 342 g/mol. The summed E-state index contributed by atoms with van der Waals surface area (Å²) in [6.07, 6.45) is 0.246. The molecule has 6 nitrogen and oxygen atoms in total. The Morgan fingerprint density at radius 1 is 1.16 bits per heavy atom. The molecule has 6 heteroatoms. The van der Waals surface area contributed by atoms with E-state index >= 15 is 0 Å². The van der Waals surface area contributed by atoms with Gasteiger partial charge in [-0.2, -0.15) is 0 Å². The summed E-state index contributed by atoms with van der Waals surface area (Å²) in [5, 5.41) is 8.69. The van der Waals surface area contributed by atoms with Gasteiger partial charge in [-0.15, -0.1) is 0 Å². The predicted molar refractivity (Wildman–Crippen MR) is 89.3 cm³/mol. The van der Waals surface area contributed by atoms with Crippen molar-refractivity contribution in [1.29, 1.82) is 0 Å². The van der Waals surface area contributed by atoms with E-state index in [1.165, 1.54) is 0 Å². The van der Waals surface area contributed by atoms with Gasteiger partial charge in [0, 0.05) is 17.5 Å². The van der Waals surface area contributed by atoms with Crippen LogP contribution in [-0.4, -0.2) is 30.3 Å². The van der Waals surface area contributed by atoms with E-state index < -0.39 is 12.6 Å². The summed E-state index contributed by atoms with van der Waals surface area (Å²) in [6, 6.07) is 12.7. The molecule has 1 aliphatic rings. The van der Waals surface area contributed by atoms with Crippen LogP contribution in [0.25, 0.3) is 0 Å². The van der Waals surface area contributed by atoms with Crippen molar-refractivity contribution in [2.75, 3.05) is 13.2 Å². The molecule has 0 saturated carbocycles. The van der Waals surface area contributed by atoms with Crippen molar-refractivity contribution in [2.45, 2.75) is 19.3 Å². The maximum Gasteiger partial charge on any atom is 0.341 e. The molecule has 1 unspecified atom stereocenters. The third-order valence-electron chi connectivity index (χ3n) is 3.91. The zero-order valence-electron chi connectivity index (χ0n) is 13.7. The van der Waals surface area contributed by atoms with Crippen molar-refractivity contribution in [3.63, 3.8) is 0 Å². The standard InChI is InChI=1S/C19H18O6/c1-2-23-13-5-3-12(4-6-13)16-10-19(22)25-17-9-14(7-8-15(16)17)24-11-18(20)21/h3-9,16H,2,10-11H2,1H3,(H,20,21). The maximum absolute atomic E-state index is 12.0. The van der Waals surface area contributed by atoms with E-state index in [1.807, 2.05) is 31.2 Å². The van der Waals surface area contributed by atoms with Crippen LogP contribution in [0.15, 0.2) is 42.5 Å². The van der Waals surface area contributed by atoms with Crippen molar-refractivity contribution in [1.82, 2.24) is 0 Å². The summed E-state index contributed by atoms with van der Waals surface area (Å²) in [4.78, 5) is 22.6. The Morgan fingerprint density at radius 2 is 1.88 bits per heavy atom. The third-order valence-corrected chi connectivity index (χ3v) is 3.91. The smallest absolute Gasteiger partial charge is 0.341 e. The monoisotopic (exact) mass is 342 g/mol. The van der Waals surface area contributed by atoms with Crippen LogP contribution < -0.4 is 14.2 Å². The Labute approximate surface area is 144 Å². The Bertz CT molecular complexity index is 781. The van der Waals surface area contributed by atoms with Crippen molar-refractivity contribution in [3.05, 3.63) is 53.6 Å². The fourth-order valence-corrected chi connectivity index (χ4v) is 2.83. The molecule has 2 aromatic carbocycles. The quantitative estimate of drug-likeness (QED) is 0.642. The molecule has 2 aromatic rings. The Kier molecular flexibility index (Phi) is 4.88. The van der Waals surface area contributed by atoms with Crippen LogP contribution in [0.3, 0.4) is 0 Å². The number of fused-ring (bicyclic) bond motifs is 1. The van der Waals surface area contributed by atoms with Gasteiger partial charge in [-0.3, -0.25) is 4.79 Å². The number of carboxylic acids is 1. The molecule has 1 atom stereocenters. The summed E-state index contributed by atoms with van der Waals surface area (Å²) >= 11 is 0. The molecule has 1 heterocycles. The van der Waals surface area contributed by atoms with Gasteiger partial charge in [0.05, 0.1) is 13.0 Å². The van der Waals surface area contributed by atoms with Gasteiger partial charge in [0.1, 0.15) is 17.2 Å². The Hall–Kier alpha value is -3.02. The Morgan fingerprint density at radius 3 is 2.56 bits per heavy atom. The summed E-state index contributed by atoms with van der Waals surface area (Å²) in [5.74, 6) is 0.00537. The Balaban J connectivity index is 1.87. The molecular formula is C19H18O6. The van der Waals surface area contributed by atoms with Crippen molar-refractivity contribution in [3.8, 4) is 17.2 Å². The van der Waals surface area contributed by atoms with Gasteiger partial charge in [-0.1, -0.05) is 18.2 Å². The number of rotatable bonds is 6. The summed E-state index contributed by atoms with van der Waals surface area (Å²) in [5.41, 5.74) is 1.85. The molecule has 0 aliphatic carbocycles. The van der Waals surface area contributed by atoms with Gasteiger partial charge in [0.2, 0.25) is 0 Å². The van der Waals surface area contributed by atoms with Gasteiger partial charge < -0.3 is 19.3 Å². The van der Waals surface area contributed by atoms with Gasteiger partial charge >= 0.3 is 11.9 Å². The number of ether oxygens (including phenoxy) is 3. The largest absolute Gasteiger partial charge is 0.494 e. The second-order valence-corrected chi connectivity index (χ2v) is 5.61. The first-order valence-corrected chi connectivity index (χ1v) is 7.98. The molecule has 0 radical (unpaired) electrons. The number of esters is 1. The third kappa shape index (κ3) is 3.91. The maximum atomic E-state index is 12.0. The second kappa shape index (κ2) is 7.25. The summed E-state index contributed by atoms with van der Waals surface area (Å²) < 4.78 is 15.9. The van der Waals surface area contributed by atoms with Crippen LogP contribution in [0, 0.1) is 0 Å². The first kappa shape index (κ1) is 16.8. The lowest BCUT2D eigenvalue weighted by molar-refractivity contribution is -0.139. The zero-order chi connectivity index (χ0) is 17.8. The number of hydrogen-bond acceptors (Lipinski definition) is 5. The van der Waals surface area contributed by atoms with E-state index in [1.54, 1.807) is 18.2 Å². The number of benzene rings is 2. The van der Waals surface area contributed by atoms with Crippen LogP contribution in [0.2, 0.25) is 0 Å². The van der Waals surface area contributed by atoms with Gasteiger partial charge in [0.25, 0.3) is 0 Å². The van der Waals surface area contributed by atoms with Gasteiger partial charge in [-0.25, -0.2) is 4.79 Å². The minimum absolute atomic E-state index is 0.125. The average Bonchev–Trinajstić information content (AvgIpc) is 2.60. The minimum atomic E-state index is -1.07. The lowest BCUT2D eigenvalue weighted by atomic mass is 9.86. The lowest BCUT2D eigenvalue weighted by Crippen LogP contribution is -2.21. The van der Waals surface area contributed by atoms with Crippen molar-refractivity contribution < 1.29 is 28.9 Å². The lowest BCUT2D eigenvalue weighted by Gasteiger charge is -2.25. The minimum Gasteiger partial charge on any atom is -0.494 e. The molecule has 130 valence electrons. The van der Waals surface area contributed by atoms with Gasteiger partial charge in [-0.05, 0) is 30.7 Å². The molecule has 1 N–H and O–H groups in total. The number of carboxylic acid groups (broad SMARTS) is 1. The van der Waals surface area contributed by atoms with Crippen LogP contribution in [0.4, 0.5) is 0 Å². The topological polar surface area (TPSA) is 82.1 Å². The molecular weight excluding hydrogens is 324 g/mol. The second-order valence-electron chi connectivity index (χ2n) is 5.61. The van der Waals surface area contributed by atoms with E-state index in [0.717, 1.165) is 16.9 Å². The fraction of sp³-hybridized carbons (Fsp3) is 0.263. The highest BCUT2D eigenvalue weighted by Gasteiger charge is 2.28. The molecule has 0 bridgehead atoms. The highest BCUT2D eigenvalue weighted by atomic mass is 16.5. The number of carbonyl (C=O) groups excluding carboxylic acids is 1. The van der Waals surface area contributed by atoms with E-state index in [4.69, 9.17) is 19.3 Å². The molecule has 0 saturated heterocycles. The zero-order valence-corrected chi connectivity index (χ0v) is 13.7. The molecule has 3 rings (SSSR count). The van der Waals surface area contributed by atoms with Gasteiger partial charge in [0.15, 0.2) is 6.61 Å². The van der Waals surface area contributed by atoms with E-state index in [-0.39, 0.29) is 18.3 Å². The first-order chi connectivity index (χ1) is 12.1. The highest BCUT2D eigenvalue weighted by Crippen LogP contribution is 2.40. The number of hydrogen-bond donors (Lipinski definition) is 1. The molecule has 0 aromatic heterocycles. The normalized spacial score (nSPS) is 15.9. The summed E-state index contributed by atoms with van der Waals surface area (Å²) in [6.45, 7) is 2.07. The van der Waals surface area contributed by atoms with Crippen molar-refractivity contribution >= 4 is 11.9 Å². The highest BCUT2D eigenvalue weighted by molar-refractivity contribution is 5.78. The van der Waals surface area contributed by atoms with Crippen molar-refractivity contribution in [2.24, 2.45) is 0 Å². The number of aliphatic carboxylic acids is 1. The molecule has 0 amide bonds. The molecule has 25 heavy (non-hydrogen) atoms. The molecule has 0 spiro atoms. The van der Waals surface area contributed by atoms with E-state index in [2.05, 4.69) is 0 Å². The van der Waals surface area contributed by atoms with Crippen LogP contribution in [-0.2, 0) is 9.59 Å². The first-order valence-electron chi connectivity index (χ1n) is 7.98. The van der Waals surface area contributed by atoms with Crippen LogP contribution >= 0.6 is 0 Å². The SMILES string of the molecule is CCOc1ccc(C2CC(=O)Oc3cc(OCC(=O)O)ccc32)cc1.